The molecule has 2 nitrogen and oxygen atoms in total. The molecule has 4 aromatic rings. The van der Waals surface area contributed by atoms with Crippen molar-refractivity contribution < 1.29 is 22.7 Å². The highest BCUT2D eigenvalue weighted by Crippen LogP contribution is 2.48. The number of hydrogen-bond donors (Lipinski definition) is 0. The average molecular weight is 430 g/mol. The quantitative estimate of drug-likeness (QED) is 0.258. The molecule has 0 radical (unpaired) electrons. The lowest BCUT2D eigenvalue weighted by atomic mass is 9.80. The number of benzene rings is 4. The summed E-state index contributed by atoms with van der Waals surface area (Å²) in [6.45, 7) is 0. The van der Waals surface area contributed by atoms with E-state index < -0.39 is 17.7 Å². The minimum atomic E-state index is -4.47. The van der Waals surface area contributed by atoms with Crippen molar-refractivity contribution in [2.24, 2.45) is 0 Å². The van der Waals surface area contributed by atoms with Gasteiger partial charge in [0.1, 0.15) is 0 Å². The molecule has 5 rings (SSSR count). The van der Waals surface area contributed by atoms with Crippen molar-refractivity contribution in [3.05, 3.63) is 96.1 Å². The first-order chi connectivity index (χ1) is 15.4. The fourth-order valence-electron chi connectivity index (χ4n) is 4.33. The first kappa shape index (κ1) is 20.1. The summed E-state index contributed by atoms with van der Waals surface area (Å²) in [5.41, 5.74) is 5.64. The number of alkyl halides is 3. The predicted molar refractivity (Wildman–Crippen MR) is 118 cm³/mol. The van der Waals surface area contributed by atoms with Crippen LogP contribution in [0.1, 0.15) is 15.9 Å². The Labute approximate surface area is 182 Å². The summed E-state index contributed by atoms with van der Waals surface area (Å²) in [6, 6.07) is 24.2. The monoisotopic (exact) mass is 430 g/mol. The molecule has 5 heteroatoms. The van der Waals surface area contributed by atoms with E-state index in [0.717, 1.165) is 28.3 Å². The topological polar surface area (TPSA) is 26.3 Å². The third-order valence-electron chi connectivity index (χ3n) is 5.80. The molecule has 4 aromatic carbocycles. The zero-order chi connectivity index (χ0) is 22.5. The number of rotatable bonds is 1. The van der Waals surface area contributed by atoms with Crippen molar-refractivity contribution in [2.75, 3.05) is 7.11 Å². The van der Waals surface area contributed by atoms with Crippen molar-refractivity contribution in [1.82, 2.24) is 0 Å². The van der Waals surface area contributed by atoms with E-state index in [1.165, 1.54) is 19.2 Å². The fraction of sp³-hybridized carbons (Fsp3) is 0.0741. The van der Waals surface area contributed by atoms with Gasteiger partial charge in [-0.2, -0.15) is 13.2 Å². The van der Waals surface area contributed by atoms with Crippen LogP contribution in [0, 0.1) is 0 Å². The van der Waals surface area contributed by atoms with Crippen LogP contribution in [0.5, 0.6) is 0 Å². The normalized spacial score (nSPS) is 11.9. The van der Waals surface area contributed by atoms with E-state index >= 15 is 0 Å². The Morgan fingerprint density at radius 1 is 0.625 bits per heavy atom. The van der Waals surface area contributed by atoms with Crippen LogP contribution in [0.25, 0.3) is 44.5 Å². The van der Waals surface area contributed by atoms with E-state index in [9.17, 15) is 18.0 Å². The van der Waals surface area contributed by atoms with Gasteiger partial charge in [-0.1, -0.05) is 60.7 Å². The van der Waals surface area contributed by atoms with Crippen LogP contribution in [0.2, 0.25) is 0 Å². The van der Waals surface area contributed by atoms with Gasteiger partial charge in [-0.15, -0.1) is 0 Å². The maximum absolute atomic E-state index is 13.6. The zero-order valence-corrected chi connectivity index (χ0v) is 17.0. The first-order valence-electron chi connectivity index (χ1n) is 10.0. The van der Waals surface area contributed by atoms with Crippen LogP contribution in [0.4, 0.5) is 13.2 Å². The van der Waals surface area contributed by atoms with Gasteiger partial charge in [0.15, 0.2) is 0 Å². The van der Waals surface area contributed by atoms with Gasteiger partial charge >= 0.3 is 12.1 Å². The van der Waals surface area contributed by atoms with Crippen molar-refractivity contribution in [1.29, 1.82) is 0 Å². The molecule has 1 aliphatic rings. The van der Waals surface area contributed by atoms with E-state index in [-0.39, 0.29) is 0 Å². The highest BCUT2D eigenvalue weighted by Gasteiger charge is 2.32. The molecule has 0 fully saturated rings. The second-order valence-corrected chi connectivity index (χ2v) is 7.60. The number of esters is 1. The molecule has 0 amide bonds. The number of halogens is 3. The Bertz CT molecular complexity index is 1370. The van der Waals surface area contributed by atoms with Crippen LogP contribution in [-0.2, 0) is 10.9 Å². The van der Waals surface area contributed by atoms with Crippen molar-refractivity contribution in [3.63, 3.8) is 0 Å². The molecule has 0 N–H and O–H groups in total. The molecular formula is C27H17F3O2. The Balaban J connectivity index is 1.93. The summed E-state index contributed by atoms with van der Waals surface area (Å²) in [4.78, 5) is 12.2. The van der Waals surface area contributed by atoms with Gasteiger partial charge in [-0.3, -0.25) is 0 Å². The summed E-state index contributed by atoms with van der Waals surface area (Å²) >= 11 is 0. The molecule has 0 unspecified atom stereocenters. The molecule has 0 aliphatic heterocycles. The SMILES string of the molecule is COC(=O)c1ccc2c(c1)-c1ccc(C(F)(F)F)cc1-c1ccccc1-c1ccccc1-2. The van der Waals surface area contributed by atoms with E-state index in [0.29, 0.717) is 27.8 Å². The molecule has 0 saturated heterocycles. The number of hydrogen-bond acceptors (Lipinski definition) is 2. The van der Waals surface area contributed by atoms with Gasteiger partial charge in [0.05, 0.1) is 18.2 Å². The van der Waals surface area contributed by atoms with Crippen molar-refractivity contribution in [3.8, 4) is 44.5 Å². The minimum Gasteiger partial charge on any atom is -0.465 e. The first-order valence-corrected chi connectivity index (χ1v) is 10.0. The Morgan fingerprint density at radius 3 is 1.59 bits per heavy atom. The molecule has 0 atom stereocenters. The minimum absolute atomic E-state index is 0.337. The van der Waals surface area contributed by atoms with Crippen LogP contribution >= 0.6 is 0 Å². The van der Waals surface area contributed by atoms with Gasteiger partial charge in [-0.25, -0.2) is 4.79 Å². The third-order valence-corrected chi connectivity index (χ3v) is 5.80. The van der Waals surface area contributed by atoms with Gasteiger partial charge in [0.25, 0.3) is 0 Å². The van der Waals surface area contributed by atoms with Crippen LogP contribution < -0.4 is 0 Å². The zero-order valence-electron chi connectivity index (χ0n) is 17.0. The standard InChI is InChI=1S/C27H17F3O2/c1-32-26(31)16-10-12-22-20-8-3-2-6-18(20)19-7-4-5-9-21(19)25-15-17(27(28,29)30)11-13-23(25)24(22)14-16/h2-15H,1H3. The number of carbonyl (C=O) groups excluding carboxylic acids is 1. The molecule has 0 bridgehead atoms. The van der Waals surface area contributed by atoms with Crippen LogP contribution in [0.15, 0.2) is 84.9 Å². The number of fused-ring (bicyclic) bond motifs is 8. The molecular weight excluding hydrogens is 413 g/mol. The van der Waals surface area contributed by atoms with E-state index in [1.807, 2.05) is 54.6 Å². The summed E-state index contributed by atoms with van der Waals surface area (Å²) in [6.07, 6.45) is -4.47. The Morgan fingerprint density at radius 2 is 1.06 bits per heavy atom. The van der Waals surface area contributed by atoms with Gasteiger partial charge < -0.3 is 4.74 Å². The second-order valence-electron chi connectivity index (χ2n) is 7.60. The molecule has 0 saturated carbocycles. The molecule has 0 spiro atoms. The maximum Gasteiger partial charge on any atom is 0.416 e. The third kappa shape index (κ3) is 3.17. The van der Waals surface area contributed by atoms with E-state index in [2.05, 4.69) is 0 Å². The van der Waals surface area contributed by atoms with Crippen molar-refractivity contribution >= 4 is 5.97 Å². The van der Waals surface area contributed by atoms with Gasteiger partial charge in [0.2, 0.25) is 0 Å². The number of carbonyl (C=O) groups is 1. The molecule has 1 aliphatic carbocycles. The Kier molecular flexibility index (Phi) is 4.63. The summed E-state index contributed by atoms with van der Waals surface area (Å²) in [5, 5.41) is 0. The van der Waals surface area contributed by atoms with Gasteiger partial charge in [-0.05, 0) is 68.8 Å². The second kappa shape index (κ2) is 7.38. The fourth-order valence-corrected chi connectivity index (χ4v) is 4.33. The largest absolute Gasteiger partial charge is 0.465 e. The summed E-state index contributed by atoms with van der Waals surface area (Å²) < 4.78 is 45.7. The lowest BCUT2D eigenvalue weighted by Crippen LogP contribution is -2.07. The van der Waals surface area contributed by atoms with Crippen LogP contribution in [-0.4, -0.2) is 13.1 Å². The van der Waals surface area contributed by atoms with E-state index in [1.54, 1.807) is 12.1 Å². The lowest BCUT2D eigenvalue weighted by Gasteiger charge is -2.24. The lowest BCUT2D eigenvalue weighted by molar-refractivity contribution is -0.137. The highest BCUT2D eigenvalue weighted by molar-refractivity contribution is 6.04. The highest BCUT2D eigenvalue weighted by atomic mass is 19.4. The molecule has 158 valence electrons. The number of ether oxygens (including phenoxy) is 1. The number of methoxy groups -OCH3 is 1. The molecule has 0 heterocycles. The molecule has 32 heavy (non-hydrogen) atoms. The van der Waals surface area contributed by atoms with Crippen molar-refractivity contribution in [2.45, 2.75) is 6.18 Å². The van der Waals surface area contributed by atoms with Crippen LogP contribution in [0.3, 0.4) is 0 Å². The summed E-state index contributed by atoms with van der Waals surface area (Å²) in [5.74, 6) is -0.503. The predicted octanol–water partition coefficient (Wildman–Crippen LogP) is 7.47. The molecule has 0 aromatic heterocycles. The maximum atomic E-state index is 13.6. The Hall–Kier alpha value is -3.86. The average Bonchev–Trinajstić information content (AvgIpc) is 2.81. The summed E-state index contributed by atoms with van der Waals surface area (Å²) in [7, 11) is 1.30. The smallest absolute Gasteiger partial charge is 0.416 e. The van der Waals surface area contributed by atoms with E-state index in [4.69, 9.17) is 4.74 Å². The van der Waals surface area contributed by atoms with Gasteiger partial charge in [0, 0.05) is 0 Å².